The highest BCUT2D eigenvalue weighted by Crippen LogP contribution is 2.68. The highest BCUT2D eigenvalue weighted by atomic mass is 31.2. The molecule has 1 fully saturated rings. The molecule has 1 heterocycles. The van der Waals surface area contributed by atoms with Gasteiger partial charge in [0.2, 0.25) is 0 Å². The van der Waals surface area contributed by atoms with Crippen molar-refractivity contribution < 1.29 is 8.96 Å². The van der Waals surface area contributed by atoms with Crippen molar-refractivity contribution >= 4 is 18.8 Å². The van der Waals surface area contributed by atoms with Gasteiger partial charge in [-0.15, -0.1) is 0 Å². The maximum Gasteiger partial charge on any atom is 0.271 e. The lowest BCUT2D eigenvalue weighted by molar-refractivity contribution is 0.546. The molecule has 1 atom stereocenters. The van der Waals surface area contributed by atoms with E-state index in [9.17, 15) is 9.65 Å². The summed E-state index contributed by atoms with van der Waals surface area (Å²) in [6, 6.07) is 27.7. The van der Waals surface area contributed by atoms with E-state index in [0.29, 0.717) is 18.7 Å². The monoisotopic (exact) mass is 419 g/mol. The number of hydrogen-bond donors (Lipinski definition) is 0. The number of rotatable bonds is 5. The molecule has 1 aliphatic rings. The Morgan fingerprint density at radius 3 is 1.83 bits per heavy atom. The van der Waals surface area contributed by atoms with Crippen LogP contribution in [0.2, 0.25) is 0 Å². The summed E-state index contributed by atoms with van der Waals surface area (Å²) in [5.74, 6) is -0.351. The van der Waals surface area contributed by atoms with Crippen molar-refractivity contribution in [2.24, 2.45) is 0 Å². The van der Waals surface area contributed by atoms with Gasteiger partial charge in [-0.2, -0.15) is 5.26 Å². The number of anilines is 2. The fourth-order valence-corrected chi connectivity index (χ4v) is 7.71. The number of nitrogens with zero attached hydrogens (tertiary/aromatic N) is 3. The molecule has 3 aromatic carbocycles. The van der Waals surface area contributed by atoms with Gasteiger partial charge in [-0.3, -0.25) is 4.57 Å². The Labute approximate surface area is 176 Å². The van der Waals surface area contributed by atoms with Crippen molar-refractivity contribution in [3.63, 3.8) is 0 Å². The summed E-state index contributed by atoms with van der Waals surface area (Å²) in [5, 5.41) is 9.63. The fourth-order valence-electron chi connectivity index (χ4n) is 4.12. The van der Waals surface area contributed by atoms with Crippen LogP contribution in [0.3, 0.4) is 0 Å². The Balaban J connectivity index is 1.90. The van der Waals surface area contributed by atoms with Crippen LogP contribution in [-0.2, 0) is 4.57 Å². The first-order valence-electron chi connectivity index (χ1n) is 10.0. The molecule has 3 aromatic rings. The van der Waals surface area contributed by atoms with Gasteiger partial charge in [-0.25, -0.2) is 4.39 Å². The molecule has 0 saturated carbocycles. The van der Waals surface area contributed by atoms with Crippen molar-refractivity contribution in [1.29, 1.82) is 5.26 Å². The standard InChI is InChI=1S/C24H23FN3OP/c25-21-14-12-20(13-15-21)24(16-17-26)30(29)27(22-8-3-1-4-9-22)18-7-19-28(30)23-10-5-2-6-11-23/h1-6,8-15,24H,7,16,18-19H2. The SMILES string of the molecule is N#CCC(c1ccc(F)cc1)P1(=O)N(c2ccccc2)CCCN1c1ccccc1. The molecular weight excluding hydrogens is 396 g/mol. The molecule has 1 saturated heterocycles. The smallest absolute Gasteiger partial charge is 0.271 e. The van der Waals surface area contributed by atoms with E-state index in [2.05, 4.69) is 6.07 Å². The molecule has 0 amide bonds. The summed E-state index contributed by atoms with van der Waals surface area (Å²) in [6.07, 6.45) is 0.923. The average molecular weight is 419 g/mol. The van der Waals surface area contributed by atoms with E-state index in [1.807, 2.05) is 70.0 Å². The fraction of sp³-hybridized carbons (Fsp3) is 0.208. The normalized spacial score (nSPS) is 16.7. The van der Waals surface area contributed by atoms with Crippen LogP contribution >= 0.6 is 7.44 Å². The summed E-state index contributed by atoms with van der Waals surface area (Å²) >= 11 is 0. The van der Waals surface area contributed by atoms with E-state index in [1.54, 1.807) is 12.1 Å². The van der Waals surface area contributed by atoms with Crippen molar-refractivity contribution in [3.8, 4) is 6.07 Å². The second kappa shape index (κ2) is 8.73. The Kier molecular flexibility index (Phi) is 5.88. The summed E-state index contributed by atoms with van der Waals surface area (Å²) in [4.78, 5) is 0. The van der Waals surface area contributed by atoms with E-state index in [-0.39, 0.29) is 12.2 Å². The number of benzene rings is 3. The van der Waals surface area contributed by atoms with Crippen LogP contribution in [0.5, 0.6) is 0 Å². The molecule has 1 aliphatic heterocycles. The third-order valence-electron chi connectivity index (χ3n) is 5.49. The molecule has 0 aliphatic carbocycles. The molecule has 0 aromatic heterocycles. The molecule has 6 heteroatoms. The van der Waals surface area contributed by atoms with E-state index < -0.39 is 13.1 Å². The first-order chi connectivity index (χ1) is 14.6. The van der Waals surface area contributed by atoms with Crippen LogP contribution in [0.1, 0.15) is 24.1 Å². The predicted molar refractivity (Wildman–Crippen MR) is 119 cm³/mol. The van der Waals surface area contributed by atoms with Crippen LogP contribution in [-0.4, -0.2) is 13.1 Å². The molecule has 0 spiro atoms. The number of hydrogen-bond acceptors (Lipinski definition) is 2. The largest absolute Gasteiger partial charge is 0.306 e. The van der Waals surface area contributed by atoms with Crippen molar-refractivity contribution in [2.45, 2.75) is 18.5 Å². The van der Waals surface area contributed by atoms with Gasteiger partial charge < -0.3 is 9.34 Å². The van der Waals surface area contributed by atoms with Crippen LogP contribution in [0.4, 0.5) is 15.8 Å². The summed E-state index contributed by atoms with van der Waals surface area (Å²) < 4.78 is 32.6. The third-order valence-corrected chi connectivity index (χ3v) is 9.02. The molecule has 1 unspecified atom stereocenters. The minimum absolute atomic E-state index is 0.0789. The Hall–Kier alpha value is -3.09. The van der Waals surface area contributed by atoms with Crippen molar-refractivity contribution in [2.75, 3.05) is 22.4 Å². The van der Waals surface area contributed by atoms with Gasteiger partial charge in [-0.1, -0.05) is 48.5 Å². The van der Waals surface area contributed by atoms with Gasteiger partial charge in [0.25, 0.3) is 7.44 Å². The maximum absolute atomic E-state index is 15.1. The van der Waals surface area contributed by atoms with E-state index in [0.717, 1.165) is 17.8 Å². The van der Waals surface area contributed by atoms with Crippen LogP contribution in [0.15, 0.2) is 84.9 Å². The Bertz CT molecular complexity index is 1020. The first-order valence-corrected chi connectivity index (χ1v) is 11.7. The zero-order valence-corrected chi connectivity index (χ0v) is 17.5. The minimum Gasteiger partial charge on any atom is -0.306 e. The molecule has 4 nitrogen and oxygen atoms in total. The zero-order valence-electron chi connectivity index (χ0n) is 16.6. The topological polar surface area (TPSA) is 47.3 Å². The lowest BCUT2D eigenvalue weighted by atomic mass is 10.1. The van der Waals surface area contributed by atoms with Gasteiger partial charge in [0.05, 0.1) is 18.1 Å². The van der Waals surface area contributed by atoms with Gasteiger partial charge >= 0.3 is 0 Å². The van der Waals surface area contributed by atoms with E-state index >= 15 is 4.57 Å². The van der Waals surface area contributed by atoms with Crippen molar-refractivity contribution in [1.82, 2.24) is 0 Å². The quantitative estimate of drug-likeness (QED) is 0.450. The summed E-state index contributed by atoms with van der Waals surface area (Å²) in [7, 11) is -3.32. The van der Waals surface area contributed by atoms with E-state index in [4.69, 9.17) is 0 Å². The highest BCUT2D eigenvalue weighted by Gasteiger charge is 2.47. The van der Waals surface area contributed by atoms with E-state index in [1.165, 1.54) is 12.1 Å². The first kappa shape index (κ1) is 20.2. The Morgan fingerprint density at radius 2 is 1.37 bits per heavy atom. The summed E-state index contributed by atoms with van der Waals surface area (Å²) in [6.45, 7) is 1.27. The Morgan fingerprint density at radius 1 is 0.867 bits per heavy atom. The van der Waals surface area contributed by atoms with Crippen LogP contribution in [0.25, 0.3) is 0 Å². The highest BCUT2D eigenvalue weighted by molar-refractivity contribution is 7.67. The lowest BCUT2D eigenvalue weighted by Gasteiger charge is -2.48. The molecule has 0 N–H and O–H groups in total. The number of para-hydroxylation sites is 2. The average Bonchev–Trinajstić information content (AvgIpc) is 2.79. The number of halogens is 1. The molecule has 30 heavy (non-hydrogen) atoms. The number of nitriles is 1. The van der Waals surface area contributed by atoms with Gasteiger partial charge in [0.15, 0.2) is 0 Å². The molecule has 152 valence electrons. The van der Waals surface area contributed by atoms with Gasteiger partial charge in [-0.05, 0) is 48.4 Å². The molecule has 4 rings (SSSR count). The second-order valence-electron chi connectivity index (χ2n) is 7.29. The molecule has 0 radical (unpaired) electrons. The third kappa shape index (κ3) is 3.72. The molecular formula is C24H23FN3OP. The lowest BCUT2D eigenvalue weighted by Crippen LogP contribution is -2.41. The second-order valence-corrected chi connectivity index (χ2v) is 10.1. The van der Waals surface area contributed by atoms with Gasteiger partial charge in [0, 0.05) is 24.5 Å². The molecule has 0 bridgehead atoms. The predicted octanol–water partition coefficient (Wildman–Crippen LogP) is 6.39. The van der Waals surface area contributed by atoms with Crippen molar-refractivity contribution in [3.05, 3.63) is 96.3 Å². The zero-order chi connectivity index (χ0) is 21.0. The van der Waals surface area contributed by atoms with Crippen LogP contribution in [0, 0.1) is 17.1 Å². The van der Waals surface area contributed by atoms with Gasteiger partial charge in [0.1, 0.15) is 5.82 Å². The van der Waals surface area contributed by atoms with Crippen LogP contribution < -0.4 is 9.34 Å². The maximum atomic E-state index is 15.1. The summed E-state index contributed by atoms with van der Waals surface area (Å²) in [5.41, 5.74) is 1.88. The minimum atomic E-state index is -3.32.